The van der Waals surface area contributed by atoms with E-state index < -0.39 is 50.9 Å². The molecule has 4 atom stereocenters. The highest BCUT2D eigenvalue weighted by atomic mass is 31.2. The third-order valence-corrected chi connectivity index (χ3v) is 3.03. The van der Waals surface area contributed by atoms with E-state index in [0.717, 1.165) is 0 Å². The van der Waals surface area contributed by atoms with Gasteiger partial charge in [0.15, 0.2) is 0 Å². The van der Waals surface area contributed by atoms with Gasteiger partial charge in [-0.1, -0.05) is 0 Å². The van der Waals surface area contributed by atoms with E-state index in [1.165, 1.54) is 0 Å². The molecule has 1 aliphatic heterocycles. The number of phosphoric acid groups is 1. The lowest BCUT2D eigenvalue weighted by molar-refractivity contribution is -0.283. The number of aliphatic hydroxyl groups excluding tert-OH is 2. The predicted molar refractivity (Wildman–Crippen MR) is 56.7 cm³/mol. The van der Waals surface area contributed by atoms with Crippen LogP contribution in [-0.2, 0) is 18.6 Å². The van der Waals surface area contributed by atoms with E-state index in [1.807, 2.05) is 0 Å². The van der Waals surface area contributed by atoms with Crippen molar-refractivity contribution in [1.82, 2.24) is 0 Å². The van der Waals surface area contributed by atoms with Crippen LogP contribution < -0.4 is 0 Å². The van der Waals surface area contributed by atoms with Crippen molar-refractivity contribution >= 4 is 13.8 Å². The lowest BCUT2D eigenvalue weighted by Crippen LogP contribution is -2.55. The fourth-order valence-corrected chi connectivity index (χ4v) is 2.02. The summed E-state index contributed by atoms with van der Waals surface area (Å²) in [5.74, 6) is -4.40. The van der Waals surface area contributed by atoms with Crippen molar-refractivity contribution in [1.29, 1.82) is 0 Å². The van der Waals surface area contributed by atoms with E-state index in [0.29, 0.717) is 0 Å². The molecule has 0 aromatic rings. The van der Waals surface area contributed by atoms with Gasteiger partial charge in [0.25, 0.3) is 5.79 Å². The fraction of sp³-hybridized carbons (Fsp3) is 0.875. The second-order valence-corrected chi connectivity index (χ2v) is 5.43. The Bertz CT molecular complexity index is 380. The van der Waals surface area contributed by atoms with Crippen LogP contribution in [0.15, 0.2) is 0 Å². The molecule has 1 heterocycles. The summed E-state index contributed by atoms with van der Waals surface area (Å²) in [5.41, 5.74) is 0. The Balaban J connectivity index is 2.67. The molecule has 0 spiro atoms. The van der Waals surface area contributed by atoms with Crippen LogP contribution >= 0.6 is 7.82 Å². The third kappa shape index (κ3) is 4.79. The van der Waals surface area contributed by atoms with Gasteiger partial charge in [0.05, 0.1) is 18.8 Å². The first-order valence-electron chi connectivity index (χ1n) is 5.23. The monoisotopic (exact) mass is 302 g/mol. The maximum atomic E-state index is 10.8. The Kier molecular flexibility index (Phi) is 5.04. The van der Waals surface area contributed by atoms with Gasteiger partial charge in [-0.2, -0.15) is 0 Å². The van der Waals surface area contributed by atoms with Crippen LogP contribution in [0.3, 0.4) is 0 Å². The molecule has 0 unspecified atom stereocenters. The highest BCUT2D eigenvalue weighted by Gasteiger charge is 2.48. The minimum Gasteiger partial charge on any atom is -0.477 e. The van der Waals surface area contributed by atoms with E-state index in [2.05, 4.69) is 4.52 Å². The molecule has 0 aliphatic carbocycles. The Labute approximate surface area is 107 Å². The van der Waals surface area contributed by atoms with Crippen LogP contribution in [0.4, 0.5) is 0 Å². The number of carbonyl (C=O) groups is 1. The quantitative estimate of drug-likeness (QED) is 0.305. The molecule has 0 bridgehead atoms. The summed E-state index contributed by atoms with van der Waals surface area (Å²) in [7, 11) is -4.79. The normalized spacial score (nSPS) is 33.9. The van der Waals surface area contributed by atoms with Gasteiger partial charge in [-0.25, -0.2) is 9.36 Å². The first-order chi connectivity index (χ1) is 8.53. The molecule has 1 aliphatic rings. The molecule has 6 N–H and O–H groups in total. The van der Waals surface area contributed by atoms with Crippen LogP contribution in [-0.4, -0.2) is 66.9 Å². The third-order valence-electron chi connectivity index (χ3n) is 2.54. The second-order valence-electron chi connectivity index (χ2n) is 4.19. The van der Waals surface area contributed by atoms with Gasteiger partial charge in [0, 0.05) is 12.8 Å². The predicted octanol–water partition coefficient (Wildman–Crippen LogP) is -2.23. The number of hydrogen-bond donors (Lipinski definition) is 6. The largest absolute Gasteiger partial charge is 0.477 e. The van der Waals surface area contributed by atoms with E-state index in [1.54, 1.807) is 0 Å². The van der Waals surface area contributed by atoms with Crippen LogP contribution in [0.5, 0.6) is 0 Å². The first-order valence-corrected chi connectivity index (χ1v) is 6.76. The zero-order chi connectivity index (χ0) is 14.8. The number of carboxylic acid groups (broad SMARTS) is 1. The van der Waals surface area contributed by atoms with Gasteiger partial charge >= 0.3 is 13.8 Å². The molecular weight excluding hydrogens is 287 g/mol. The van der Waals surface area contributed by atoms with Gasteiger partial charge in [0.1, 0.15) is 6.10 Å². The summed E-state index contributed by atoms with van der Waals surface area (Å²) in [6.07, 6.45) is -4.99. The molecule has 0 radical (unpaired) electrons. The standard InChI is InChI=1S/C8H15O10P/c9-4-1-6(5(10)3-17-19(14,15)16)18-8(13,2-4)7(11)12/h4-6,9-10,13H,1-3H2,(H,11,12)(H2,14,15,16)/t4-,5-,6+,8-/m1/s1. The molecule has 1 rings (SSSR count). The van der Waals surface area contributed by atoms with Crippen LogP contribution in [0.1, 0.15) is 12.8 Å². The molecular formula is C8H15O10P. The van der Waals surface area contributed by atoms with Crippen molar-refractivity contribution in [2.75, 3.05) is 6.61 Å². The lowest BCUT2D eigenvalue weighted by atomic mass is 9.96. The molecule has 0 aromatic heterocycles. The van der Waals surface area contributed by atoms with E-state index in [4.69, 9.17) is 19.6 Å². The number of carboxylic acids is 1. The van der Waals surface area contributed by atoms with Crippen molar-refractivity contribution < 1.29 is 48.8 Å². The fourth-order valence-electron chi connectivity index (χ4n) is 1.67. The van der Waals surface area contributed by atoms with Gasteiger partial charge in [-0.15, -0.1) is 0 Å². The minimum atomic E-state index is -4.79. The van der Waals surface area contributed by atoms with Gasteiger partial charge in [-0.05, 0) is 0 Å². The highest BCUT2D eigenvalue weighted by Crippen LogP contribution is 2.37. The molecule has 0 aromatic carbocycles. The summed E-state index contributed by atoms with van der Waals surface area (Å²) in [4.78, 5) is 27.7. The SMILES string of the molecule is O=C(O)[C@@]1(O)C[C@H](O)C[C@@H]([C@H](O)COP(=O)(O)O)O1. The van der Waals surface area contributed by atoms with Crippen molar-refractivity contribution in [3.05, 3.63) is 0 Å². The number of hydrogen-bond acceptors (Lipinski definition) is 7. The minimum absolute atomic E-state index is 0.207. The molecule has 112 valence electrons. The summed E-state index contributed by atoms with van der Waals surface area (Å²) in [6.45, 7) is -0.836. The molecule has 0 saturated carbocycles. The summed E-state index contributed by atoms with van der Waals surface area (Å²) in [5, 5.41) is 37.3. The molecule has 11 heteroatoms. The van der Waals surface area contributed by atoms with E-state index in [9.17, 15) is 24.7 Å². The first kappa shape index (κ1) is 16.5. The average Bonchev–Trinajstić information content (AvgIpc) is 2.23. The maximum absolute atomic E-state index is 10.8. The topological polar surface area (TPSA) is 174 Å². The molecule has 19 heavy (non-hydrogen) atoms. The van der Waals surface area contributed by atoms with E-state index >= 15 is 0 Å². The second kappa shape index (κ2) is 5.81. The number of aliphatic carboxylic acids is 1. The van der Waals surface area contributed by atoms with Gasteiger partial charge in [-0.3, -0.25) is 4.52 Å². The number of rotatable bonds is 5. The van der Waals surface area contributed by atoms with Crippen LogP contribution in [0.25, 0.3) is 0 Å². The van der Waals surface area contributed by atoms with Crippen molar-refractivity contribution in [2.24, 2.45) is 0 Å². The zero-order valence-corrected chi connectivity index (χ0v) is 10.5. The van der Waals surface area contributed by atoms with E-state index in [-0.39, 0.29) is 6.42 Å². The maximum Gasteiger partial charge on any atom is 0.469 e. The van der Waals surface area contributed by atoms with Gasteiger partial charge in [0.2, 0.25) is 0 Å². The summed E-state index contributed by atoms with van der Waals surface area (Å²) in [6, 6.07) is 0. The number of ether oxygens (including phenoxy) is 1. The average molecular weight is 302 g/mol. The van der Waals surface area contributed by atoms with Gasteiger partial charge < -0.3 is 34.9 Å². The van der Waals surface area contributed by atoms with Crippen molar-refractivity contribution in [2.45, 2.75) is 36.9 Å². The molecule has 0 amide bonds. The Hall–Kier alpha value is -0.580. The summed E-state index contributed by atoms with van der Waals surface area (Å²) >= 11 is 0. The Morgan fingerprint density at radius 2 is 2.11 bits per heavy atom. The number of phosphoric ester groups is 1. The Morgan fingerprint density at radius 3 is 2.58 bits per heavy atom. The molecule has 1 saturated heterocycles. The summed E-state index contributed by atoms with van der Waals surface area (Å²) < 4.78 is 19.2. The number of aliphatic hydroxyl groups is 3. The molecule has 1 fully saturated rings. The zero-order valence-electron chi connectivity index (χ0n) is 9.62. The Morgan fingerprint density at radius 1 is 1.53 bits per heavy atom. The van der Waals surface area contributed by atoms with Crippen LogP contribution in [0, 0.1) is 0 Å². The van der Waals surface area contributed by atoms with Crippen molar-refractivity contribution in [3.63, 3.8) is 0 Å². The van der Waals surface area contributed by atoms with Crippen LogP contribution in [0.2, 0.25) is 0 Å². The molecule has 10 nitrogen and oxygen atoms in total. The lowest BCUT2D eigenvalue weighted by Gasteiger charge is -2.38. The van der Waals surface area contributed by atoms with Crippen molar-refractivity contribution in [3.8, 4) is 0 Å². The highest BCUT2D eigenvalue weighted by molar-refractivity contribution is 7.46. The smallest absolute Gasteiger partial charge is 0.469 e.